The predicted octanol–water partition coefficient (Wildman–Crippen LogP) is 1.11. The molecule has 0 aliphatic carbocycles. The topological polar surface area (TPSA) is 74.2 Å². The van der Waals surface area contributed by atoms with Crippen LogP contribution in [0.3, 0.4) is 0 Å². The number of amides is 1. The van der Waals surface area contributed by atoms with Crippen molar-refractivity contribution in [2.75, 3.05) is 25.5 Å². The van der Waals surface area contributed by atoms with Gasteiger partial charge in [-0.25, -0.2) is 0 Å². The lowest BCUT2D eigenvalue weighted by molar-refractivity contribution is -0.119. The minimum Gasteiger partial charge on any atom is -0.497 e. The number of likely N-dealkylation sites (N-methyl/N-ethyl adjacent to an activating group) is 1. The van der Waals surface area contributed by atoms with E-state index in [4.69, 9.17) is 10.00 Å². The Bertz CT molecular complexity index is 438. The van der Waals surface area contributed by atoms with Crippen LogP contribution in [0.15, 0.2) is 18.2 Å². The Kier molecular flexibility index (Phi) is 4.82. The molecular weight excluding hydrogens is 218 g/mol. The maximum Gasteiger partial charge on any atom is 0.239 e. The molecule has 0 fully saturated rings. The molecule has 17 heavy (non-hydrogen) atoms. The minimum atomic E-state index is -0.112. The van der Waals surface area contributed by atoms with Crippen molar-refractivity contribution in [3.8, 4) is 11.8 Å². The van der Waals surface area contributed by atoms with Gasteiger partial charge >= 0.3 is 0 Å². The monoisotopic (exact) mass is 233 g/mol. The van der Waals surface area contributed by atoms with E-state index < -0.39 is 0 Å². The molecule has 1 aromatic rings. The highest BCUT2D eigenvalue weighted by molar-refractivity contribution is 5.81. The Morgan fingerprint density at radius 2 is 2.29 bits per heavy atom. The summed E-state index contributed by atoms with van der Waals surface area (Å²) in [5.41, 5.74) is 1.08. The summed E-state index contributed by atoms with van der Waals surface area (Å²) >= 11 is 0. The zero-order valence-electron chi connectivity index (χ0n) is 9.91. The third kappa shape index (κ3) is 3.68. The van der Waals surface area contributed by atoms with Crippen molar-refractivity contribution < 1.29 is 9.53 Å². The first-order chi connectivity index (χ1) is 8.21. The lowest BCUT2D eigenvalue weighted by Crippen LogP contribution is -2.29. The van der Waals surface area contributed by atoms with Crippen LogP contribution in [0.2, 0.25) is 0 Å². The molecule has 0 saturated carbocycles. The van der Waals surface area contributed by atoms with Crippen molar-refractivity contribution in [3.63, 3.8) is 0 Å². The van der Waals surface area contributed by atoms with Gasteiger partial charge in [0.05, 0.1) is 24.9 Å². The zero-order valence-corrected chi connectivity index (χ0v) is 9.91. The molecule has 0 heterocycles. The number of nitrogens with zero attached hydrogens (tertiary/aromatic N) is 1. The summed E-state index contributed by atoms with van der Waals surface area (Å²) in [4.78, 5) is 11.3. The maximum atomic E-state index is 11.3. The van der Waals surface area contributed by atoms with Crippen molar-refractivity contribution in [1.82, 2.24) is 5.32 Å². The van der Waals surface area contributed by atoms with Gasteiger partial charge in [0, 0.05) is 12.6 Å². The van der Waals surface area contributed by atoms with E-state index in [0.717, 1.165) is 0 Å². The van der Waals surface area contributed by atoms with Crippen LogP contribution in [0.5, 0.6) is 5.75 Å². The predicted molar refractivity (Wildman–Crippen MR) is 64.9 cm³/mol. The number of hydrogen-bond donors (Lipinski definition) is 2. The molecular formula is C12H15N3O2. The fraction of sp³-hybridized carbons (Fsp3) is 0.333. The van der Waals surface area contributed by atoms with Gasteiger partial charge in [-0.3, -0.25) is 4.79 Å². The second kappa shape index (κ2) is 6.38. The largest absolute Gasteiger partial charge is 0.497 e. The average Bonchev–Trinajstić information content (AvgIpc) is 2.36. The van der Waals surface area contributed by atoms with Gasteiger partial charge in [-0.15, -0.1) is 0 Å². The van der Waals surface area contributed by atoms with Gasteiger partial charge in [-0.1, -0.05) is 0 Å². The number of rotatable bonds is 5. The van der Waals surface area contributed by atoms with E-state index in [-0.39, 0.29) is 12.5 Å². The van der Waals surface area contributed by atoms with E-state index in [1.807, 2.05) is 6.92 Å². The van der Waals surface area contributed by atoms with Crippen molar-refractivity contribution in [2.45, 2.75) is 6.92 Å². The highest BCUT2D eigenvalue weighted by Gasteiger charge is 2.05. The SMILES string of the molecule is CCNC(=O)CNc1cc(OC)ccc1C#N. The summed E-state index contributed by atoms with van der Waals surface area (Å²) in [7, 11) is 1.55. The van der Waals surface area contributed by atoms with E-state index in [2.05, 4.69) is 16.7 Å². The fourth-order valence-electron chi connectivity index (χ4n) is 1.33. The van der Waals surface area contributed by atoms with Gasteiger partial charge in [0.15, 0.2) is 0 Å². The molecule has 0 radical (unpaired) electrons. The first-order valence-corrected chi connectivity index (χ1v) is 5.30. The summed E-state index contributed by atoms with van der Waals surface area (Å²) in [6, 6.07) is 7.10. The Hall–Kier alpha value is -2.22. The molecule has 5 nitrogen and oxygen atoms in total. The van der Waals surface area contributed by atoms with E-state index in [1.54, 1.807) is 25.3 Å². The molecule has 5 heteroatoms. The Morgan fingerprint density at radius 1 is 1.53 bits per heavy atom. The lowest BCUT2D eigenvalue weighted by Gasteiger charge is -2.09. The molecule has 2 N–H and O–H groups in total. The van der Waals surface area contributed by atoms with Gasteiger partial charge in [0.25, 0.3) is 0 Å². The third-order valence-corrected chi connectivity index (χ3v) is 2.16. The van der Waals surface area contributed by atoms with Crippen LogP contribution in [0.1, 0.15) is 12.5 Å². The lowest BCUT2D eigenvalue weighted by atomic mass is 10.2. The molecule has 1 rings (SSSR count). The average molecular weight is 233 g/mol. The number of benzene rings is 1. The Morgan fingerprint density at radius 3 is 2.88 bits per heavy atom. The van der Waals surface area contributed by atoms with E-state index >= 15 is 0 Å². The van der Waals surface area contributed by atoms with Crippen molar-refractivity contribution >= 4 is 11.6 Å². The van der Waals surface area contributed by atoms with Gasteiger partial charge in [0.1, 0.15) is 11.8 Å². The highest BCUT2D eigenvalue weighted by Crippen LogP contribution is 2.21. The number of ether oxygens (including phenoxy) is 1. The summed E-state index contributed by atoms with van der Waals surface area (Å²) in [6.45, 7) is 2.57. The van der Waals surface area contributed by atoms with Crippen molar-refractivity contribution in [2.24, 2.45) is 0 Å². The number of carbonyl (C=O) groups is 1. The first kappa shape index (κ1) is 12.8. The second-order valence-electron chi connectivity index (χ2n) is 3.33. The third-order valence-electron chi connectivity index (χ3n) is 2.16. The molecule has 0 bridgehead atoms. The van der Waals surface area contributed by atoms with Crippen molar-refractivity contribution in [1.29, 1.82) is 5.26 Å². The number of methoxy groups -OCH3 is 1. The molecule has 0 aliphatic heterocycles. The molecule has 0 saturated heterocycles. The number of carbonyl (C=O) groups excluding carboxylic acids is 1. The van der Waals surface area contributed by atoms with Crippen LogP contribution in [-0.4, -0.2) is 26.1 Å². The number of hydrogen-bond acceptors (Lipinski definition) is 4. The van der Waals surface area contributed by atoms with Gasteiger partial charge < -0.3 is 15.4 Å². The van der Waals surface area contributed by atoms with E-state index in [1.165, 1.54) is 0 Å². The summed E-state index contributed by atoms with van der Waals surface area (Å²) < 4.78 is 5.06. The maximum absolute atomic E-state index is 11.3. The van der Waals surface area contributed by atoms with Gasteiger partial charge in [-0.2, -0.15) is 5.26 Å². The quantitative estimate of drug-likeness (QED) is 0.799. The Balaban J connectivity index is 2.75. The number of anilines is 1. The van der Waals surface area contributed by atoms with Crippen LogP contribution < -0.4 is 15.4 Å². The summed E-state index contributed by atoms with van der Waals surface area (Å²) in [5.74, 6) is 0.529. The number of nitriles is 1. The van der Waals surface area contributed by atoms with Crippen LogP contribution in [0.4, 0.5) is 5.69 Å². The molecule has 1 amide bonds. The molecule has 0 aliphatic rings. The highest BCUT2D eigenvalue weighted by atomic mass is 16.5. The molecule has 1 aromatic carbocycles. The van der Waals surface area contributed by atoms with Crippen LogP contribution >= 0.6 is 0 Å². The van der Waals surface area contributed by atoms with Crippen LogP contribution in [0.25, 0.3) is 0 Å². The molecule has 0 unspecified atom stereocenters. The molecule has 0 atom stereocenters. The Labute approximate surface area is 100 Å². The van der Waals surface area contributed by atoms with Crippen LogP contribution in [-0.2, 0) is 4.79 Å². The van der Waals surface area contributed by atoms with Gasteiger partial charge in [-0.05, 0) is 19.1 Å². The zero-order chi connectivity index (χ0) is 12.7. The minimum absolute atomic E-state index is 0.112. The van der Waals surface area contributed by atoms with Gasteiger partial charge in [0.2, 0.25) is 5.91 Å². The summed E-state index contributed by atoms with van der Waals surface area (Å²) in [6.07, 6.45) is 0. The molecule has 0 aromatic heterocycles. The smallest absolute Gasteiger partial charge is 0.239 e. The normalized spacial score (nSPS) is 9.24. The first-order valence-electron chi connectivity index (χ1n) is 5.30. The van der Waals surface area contributed by atoms with E-state index in [9.17, 15) is 4.79 Å². The molecule has 0 spiro atoms. The second-order valence-corrected chi connectivity index (χ2v) is 3.33. The standard InChI is InChI=1S/C12H15N3O2/c1-3-14-12(16)8-15-11-6-10(17-2)5-4-9(11)7-13/h4-6,15H,3,8H2,1-2H3,(H,14,16). The van der Waals surface area contributed by atoms with Crippen molar-refractivity contribution in [3.05, 3.63) is 23.8 Å². The fourth-order valence-corrected chi connectivity index (χ4v) is 1.33. The number of nitrogens with one attached hydrogen (secondary N) is 2. The summed E-state index contributed by atoms with van der Waals surface area (Å²) in [5, 5.41) is 14.5. The van der Waals surface area contributed by atoms with Crippen LogP contribution in [0, 0.1) is 11.3 Å². The molecule has 90 valence electrons. The van der Waals surface area contributed by atoms with E-state index in [0.29, 0.717) is 23.5 Å².